The van der Waals surface area contributed by atoms with Crippen molar-refractivity contribution in [3.05, 3.63) is 54.1 Å². The first-order valence-corrected chi connectivity index (χ1v) is 9.68. The molecule has 0 aliphatic carbocycles. The van der Waals surface area contributed by atoms with E-state index in [2.05, 4.69) is 10.6 Å². The molecular formula is C22H26N2O6. The average Bonchev–Trinajstić information content (AvgIpc) is 2.74. The van der Waals surface area contributed by atoms with E-state index < -0.39 is 23.9 Å². The van der Waals surface area contributed by atoms with Gasteiger partial charge >= 0.3 is 5.97 Å². The highest BCUT2D eigenvalue weighted by Crippen LogP contribution is 2.24. The first-order valence-electron chi connectivity index (χ1n) is 9.68. The van der Waals surface area contributed by atoms with Crippen molar-refractivity contribution in [1.82, 2.24) is 5.32 Å². The number of amides is 2. The van der Waals surface area contributed by atoms with E-state index in [-0.39, 0.29) is 6.54 Å². The molecule has 8 nitrogen and oxygen atoms in total. The van der Waals surface area contributed by atoms with Crippen LogP contribution in [0.25, 0.3) is 0 Å². The van der Waals surface area contributed by atoms with Crippen LogP contribution in [0.2, 0.25) is 0 Å². The molecule has 2 amide bonds. The molecule has 0 bridgehead atoms. The molecule has 2 aromatic rings. The van der Waals surface area contributed by atoms with Gasteiger partial charge < -0.3 is 24.8 Å². The van der Waals surface area contributed by atoms with E-state index in [9.17, 15) is 14.4 Å². The monoisotopic (exact) mass is 414 g/mol. The lowest BCUT2D eigenvalue weighted by molar-refractivity contribution is -0.152. The van der Waals surface area contributed by atoms with E-state index in [1.54, 1.807) is 48.5 Å². The summed E-state index contributed by atoms with van der Waals surface area (Å²) in [6.45, 7) is 5.57. The van der Waals surface area contributed by atoms with Gasteiger partial charge in [0.1, 0.15) is 18.0 Å². The van der Waals surface area contributed by atoms with Gasteiger partial charge in [-0.15, -0.1) is 0 Å². The van der Waals surface area contributed by atoms with Crippen molar-refractivity contribution in [3.8, 4) is 11.5 Å². The summed E-state index contributed by atoms with van der Waals surface area (Å²) in [7, 11) is 0. The fourth-order valence-corrected chi connectivity index (χ4v) is 2.56. The molecule has 160 valence electrons. The molecule has 0 spiro atoms. The normalized spacial score (nSPS) is 11.2. The molecule has 0 aliphatic rings. The maximum absolute atomic E-state index is 12.3. The van der Waals surface area contributed by atoms with Gasteiger partial charge in [0.25, 0.3) is 11.8 Å². The van der Waals surface area contributed by atoms with Crippen LogP contribution in [0.5, 0.6) is 11.5 Å². The second-order valence-corrected chi connectivity index (χ2v) is 6.16. The molecule has 30 heavy (non-hydrogen) atoms. The summed E-state index contributed by atoms with van der Waals surface area (Å²) in [4.78, 5) is 36.7. The molecule has 1 unspecified atom stereocenters. The van der Waals surface area contributed by atoms with Gasteiger partial charge in [-0.2, -0.15) is 0 Å². The largest absolute Gasteiger partial charge is 0.493 e. The van der Waals surface area contributed by atoms with Gasteiger partial charge in [0, 0.05) is 0 Å². The van der Waals surface area contributed by atoms with Gasteiger partial charge in [-0.05, 0) is 45.0 Å². The highest BCUT2D eigenvalue weighted by atomic mass is 16.5. The second-order valence-electron chi connectivity index (χ2n) is 6.16. The summed E-state index contributed by atoms with van der Waals surface area (Å²) in [5.41, 5.74) is 0.790. The summed E-state index contributed by atoms with van der Waals surface area (Å²) < 4.78 is 16.0. The molecule has 0 aromatic heterocycles. The zero-order valence-corrected chi connectivity index (χ0v) is 17.3. The maximum Gasteiger partial charge on any atom is 0.326 e. The van der Waals surface area contributed by atoms with E-state index in [1.807, 2.05) is 13.8 Å². The average molecular weight is 414 g/mol. The Balaban J connectivity index is 1.87. The molecule has 8 heteroatoms. The maximum atomic E-state index is 12.3. The van der Waals surface area contributed by atoms with E-state index in [0.717, 1.165) is 0 Å². The smallest absolute Gasteiger partial charge is 0.326 e. The van der Waals surface area contributed by atoms with Crippen LogP contribution in [0.4, 0.5) is 5.69 Å². The predicted octanol–water partition coefficient (Wildman–Crippen LogP) is 2.78. The lowest BCUT2D eigenvalue weighted by Crippen LogP contribution is -2.36. The van der Waals surface area contributed by atoms with Crippen LogP contribution in [0.3, 0.4) is 0 Å². The number of hydrogen-bond donors (Lipinski definition) is 2. The zero-order valence-electron chi connectivity index (χ0n) is 17.3. The SMILES string of the molecule is CCOc1ccccc1NC(=O)C(C)OC(=O)CNC(=O)c1ccccc1OCC. The topological polar surface area (TPSA) is 103 Å². The standard InChI is InChI=1S/C22H26N2O6/c1-4-28-18-12-8-6-10-16(18)22(27)23-14-20(25)30-15(3)21(26)24-17-11-7-9-13-19(17)29-5-2/h6-13,15H,4-5,14H2,1-3H3,(H,23,27)(H,24,26). The number of hydrogen-bond acceptors (Lipinski definition) is 6. The number of para-hydroxylation sites is 3. The molecule has 0 saturated carbocycles. The number of carbonyl (C=O) groups is 3. The highest BCUT2D eigenvalue weighted by molar-refractivity contribution is 5.99. The molecule has 0 fully saturated rings. The predicted molar refractivity (Wildman–Crippen MR) is 112 cm³/mol. The number of anilines is 1. The van der Waals surface area contributed by atoms with Crippen molar-refractivity contribution in [2.45, 2.75) is 26.9 Å². The van der Waals surface area contributed by atoms with Gasteiger partial charge in [0.2, 0.25) is 0 Å². The lowest BCUT2D eigenvalue weighted by Gasteiger charge is -2.16. The highest BCUT2D eigenvalue weighted by Gasteiger charge is 2.20. The molecule has 2 aromatic carbocycles. The Labute approximate surface area is 175 Å². The fourth-order valence-electron chi connectivity index (χ4n) is 2.56. The van der Waals surface area contributed by atoms with Gasteiger partial charge in [0.05, 0.1) is 24.5 Å². The second kappa shape index (κ2) is 11.5. The quantitative estimate of drug-likeness (QED) is 0.580. The molecule has 0 aliphatic heterocycles. The third-order valence-corrected chi connectivity index (χ3v) is 3.95. The minimum atomic E-state index is -1.06. The Bertz CT molecular complexity index is 883. The van der Waals surface area contributed by atoms with Gasteiger partial charge in [-0.1, -0.05) is 24.3 Å². The number of rotatable bonds is 10. The number of ether oxygens (including phenoxy) is 3. The molecule has 2 N–H and O–H groups in total. The van der Waals surface area contributed by atoms with Crippen LogP contribution in [-0.4, -0.2) is 43.6 Å². The van der Waals surface area contributed by atoms with Crippen molar-refractivity contribution >= 4 is 23.5 Å². The summed E-state index contributed by atoms with van der Waals surface area (Å²) in [5, 5.41) is 5.14. The van der Waals surface area contributed by atoms with Crippen molar-refractivity contribution in [2.75, 3.05) is 25.1 Å². The summed E-state index contributed by atoms with van der Waals surface area (Å²) in [6.07, 6.45) is -1.06. The summed E-state index contributed by atoms with van der Waals surface area (Å²) in [5.74, 6) is -0.779. The summed E-state index contributed by atoms with van der Waals surface area (Å²) >= 11 is 0. The lowest BCUT2D eigenvalue weighted by atomic mass is 10.2. The molecule has 2 rings (SSSR count). The Morgan fingerprint density at radius 2 is 1.50 bits per heavy atom. The van der Waals surface area contributed by atoms with E-state index in [0.29, 0.717) is 36.0 Å². The summed E-state index contributed by atoms with van der Waals surface area (Å²) in [6, 6.07) is 13.7. The fraction of sp³-hybridized carbons (Fsp3) is 0.318. The minimum Gasteiger partial charge on any atom is -0.493 e. The van der Waals surface area contributed by atoms with Crippen LogP contribution >= 0.6 is 0 Å². The van der Waals surface area contributed by atoms with E-state index in [1.165, 1.54) is 6.92 Å². The first kappa shape index (κ1) is 22.7. The van der Waals surface area contributed by atoms with E-state index >= 15 is 0 Å². The molecule has 1 atom stereocenters. The Morgan fingerprint density at radius 3 is 2.20 bits per heavy atom. The van der Waals surface area contributed by atoms with E-state index in [4.69, 9.17) is 14.2 Å². The van der Waals surface area contributed by atoms with Gasteiger partial charge in [0.15, 0.2) is 6.10 Å². The molecule has 0 radical (unpaired) electrons. The van der Waals surface area contributed by atoms with Crippen molar-refractivity contribution < 1.29 is 28.6 Å². The Morgan fingerprint density at radius 1 is 0.900 bits per heavy atom. The van der Waals surface area contributed by atoms with Crippen molar-refractivity contribution in [3.63, 3.8) is 0 Å². The Kier molecular flexibility index (Phi) is 8.68. The van der Waals surface area contributed by atoms with Crippen LogP contribution in [0.15, 0.2) is 48.5 Å². The van der Waals surface area contributed by atoms with Crippen molar-refractivity contribution in [1.29, 1.82) is 0 Å². The number of carbonyl (C=O) groups excluding carboxylic acids is 3. The minimum absolute atomic E-state index is 0.311. The van der Waals surface area contributed by atoms with Gasteiger partial charge in [-0.3, -0.25) is 14.4 Å². The Hall–Kier alpha value is -3.55. The molecule has 0 saturated heterocycles. The molecule has 0 heterocycles. The third kappa shape index (κ3) is 6.51. The number of benzene rings is 2. The van der Waals surface area contributed by atoms with Crippen LogP contribution in [0.1, 0.15) is 31.1 Å². The van der Waals surface area contributed by atoms with Crippen LogP contribution < -0.4 is 20.1 Å². The van der Waals surface area contributed by atoms with Gasteiger partial charge in [-0.25, -0.2) is 0 Å². The van der Waals surface area contributed by atoms with Crippen LogP contribution in [0, 0.1) is 0 Å². The number of nitrogens with one attached hydrogen (secondary N) is 2. The van der Waals surface area contributed by atoms with Crippen LogP contribution in [-0.2, 0) is 14.3 Å². The van der Waals surface area contributed by atoms with Crippen molar-refractivity contribution in [2.24, 2.45) is 0 Å². The molecular weight excluding hydrogens is 388 g/mol. The zero-order chi connectivity index (χ0) is 21.9. The number of esters is 1. The third-order valence-electron chi connectivity index (χ3n) is 3.95. The first-order chi connectivity index (χ1) is 14.5.